The number of carbonyl (C=O) groups excluding carboxylic acids is 4. The zero-order chi connectivity index (χ0) is 39.2. The summed E-state index contributed by atoms with van der Waals surface area (Å²) in [5.74, 6) is -1.59. The van der Waals surface area contributed by atoms with Gasteiger partial charge in [-0.15, -0.1) is 0 Å². The second-order valence-electron chi connectivity index (χ2n) is 14.4. The van der Waals surface area contributed by atoms with E-state index in [2.05, 4.69) is 10.6 Å². The molecule has 3 unspecified atom stereocenters. The normalized spacial score (nSPS) is 21.7. The minimum Gasteiger partial charge on any atom is -0.372 e. The summed E-state index contributed by atoms with van der Waals surface area (Å²) in [6, 6.07) is 9.80. The molecule has 12 nitrogen and oxygen atoms in total. The van der Waals surface area contributed by atoms with Crippen molar-refractivity contribution in [2.45, 2.75) is 103 Å². The highest BCUT2D eigenvalue weighted by atomic mass is 31.2. The van der Waals surface area contributed by atoms with Crippen LogP contribution in [0.5, 0.6) is 0 Å². The monoisotopic (exact) mass is 760 g/mol. The predicted molar refractivity (Wildman–Crippen MR) is 195 cm³/mol. The van der Waals surface area contributed by atoms with E-state index in [1.165, 1.54) is 18.2 Å². The van der Waals surface area contributed by atoms with Crippen LogP contribution in [0.4, 0.5) is 8.78 Å². The SMILES string of the molecule is CCCC[C@H](NC(=O)/C=C(\C)c1ccc(C(F)(F)P(=O)(O)O)cc1)C(=O)N1CC2C(C)C2[C@H]1C(=O)N[C@@H](CCC(N)=O)[C@@H](C)OCc1ccc(C)cc1. The number of ether oxygens (including phenoxy) is 1. The third-order valence-corrected chi connectivity index (χ3v) is 11.4. The Labute approximate surface area is 309 Å². The number of nitrogens with zero attached hydrogens (tertiary/aromatic N) is 1. The van der Waals surface area contributed by atoms with E-state index in [1.54, 1.807) is 11.8 Å². The van der Waals surface area contributed by atoms with Gasteiger partial charge < -0.3 is 35.8 Å². The molecule has 0 bridgehead atoms. The number of nitrogens with two attached hydrogens (primary N) is 1. The maximum absolute atomic E-state index is 14.2. The van der Waals surface area contributed by atoms with Crippen LogP contribution >= 0.6 is 7.60 Å². The van der Waals surface area contributed by atoms with Crippen LogP contribution in [0.2, 0.25) is 0 Å². The predicted octanol–water partition coefficient (Wildman–Crippen LogP) is 4.75. The number of unbranched alkanes of at least 4 members (excludes halogenated alkanes) is 1. The minimum absolute atomic E-state index is 0.0288. The standard InChI is InChI=1S/C38H51F2N4O8P/c1-6-7-8-31(42-33(46)19-23(3)27-13-15-28(16-14-27)38(39,40)53(49,50)51)37(48)44-20-29-24(4)34(29)35(44)36(47)43-30(17-18-32(41)45)25(5)52-21-26-11-9-22(2)10-12-26/h9-16,19,24-25,29-31,34-35H,6-8,17-18,20-21H2,1-5H3,(H2,41,45)(H,42,46)(H,43,47)(H2,49,50,51)/b23-19+/t24?,25-,29?,30+,31+,34?,35+/m1/s1. The molecule has 2 fully saturated rings. The number of amides is 4. The number of piperidine rings is 1. The zero-order valence-electron chi connectivity index (χ0n) is 30.8. The van der Waals surface area contributed by atoms with E-state index in [-0.39, 0.29) is 36.5 Å². The summed E-state index contributed by atoms with van der Waals surface area (Å²) in [5, 5.41) is 5.84. The van der Waals surface area contributed by atoms with Crippen LogP contribution in [0.1, 0.15) is 82.1 Å². The second kappa shape index (κ2) is 17.4. The Bertz CT molecular complexity index is 1720. The number of benzene rings is 2. The van der Waals surface area contributed by atoms with Crippen molar-refractivity contribution in [3.8, 4) is 0 Å². The molecule has 6 N–H and O–H groups in total. The number of likely N-dealkylation sites (tertiary alicyclic amines) is 1. The Hall–Kier alpha value is -3.97. The van der Waals surface area contributed by atoms with Gasteiger partial charge >= 0.3 is 13.3 Å². The summed E-state index contributed by atoms with van der Waals surface area (Å²) < 4.78 is 45.6. The van der Waals surface area contributed by atoms with Gasteiger partial charge in [-0.1, -0.05) is 80.8 Å². The summed E-state index contributed by atoms with van der Waals surface area (Å²) in [5.41, 5.74) is 3.01. The van der Waals surface area contributed by atoms with Gasteiger partial charge in [0.2, 0.25) is 23.6 Å². The van der Waals surface area contributed by atoms with E-state index in [0.29, 0.717) is 37.1 Å². The zero-order valence-corrected chi connectivity index (χ0v) is 31.7. The number of carbonyl (C=O) groups is 4. The lowest BCUT2D eigenvalue weighted by molar-refractivity contribution is -0.143. The lowest BCUT2D eigenvalue weighted by Crippen LogP contribution is -2.57. The van der Waals surface area contributed by atoms with Crippen molar-refractivity contribution in [1.29, 1.82) is 0 Å². The van der Waals surface area contributed by atoms with Crippen LogP contribution in [-0.4, -0.2) is 69.1 Å². The molecule has 0 spiro atoms. The Balaban J connectivity index is 1.48. The molecular weight excluding hydrogens is 709 g/mol. The average Bonchev–Trinajstić information content (AvgIpc) is 3.52. The van der Waals surface area contributed by atoms with Crippen molar-refractivity contribution >= 4 is 36.8 Å². The highest BCUT2D eigenvalue weighted by Crippen LogP contribution is 2.59. The molecule has 7 atom stereocenters. The van der Waals surface area contributed by atoms with Gasteiger partial charge in [0.15, 0.2) is 0 Å². The number of hydrogen-bond donors (Lipinski definition) is 5. The van der Waals surface area contributed by atoms with Gasteiger partial charge in [0.25, 0.3) is 0 Å². The summed E-state index contributed by atoms with van der Waals surface area (Å²) in [4.78, 5) is 72.8. The highest BCUT2D eigenvalue weighted by Gasteiger charge is 2.62. The highest BCUT2D eigenvalue weighted by molar-refractivity contribution is 7.52. The van der Waals surface area contributed by atoms with Gasteiger partial charge in [-0.2, -0.15) is 8.78 Å². The van der Waals surface area contributed by atoms with Crippen molar-refractivity contribution in [2.75, 3.05) is 6.54 Å². The molecule has 4 amide bonds. The summed E-state index contributed by atoms with van der Waals surface area (Å²) in [7, 11) is -5.74. The fourth-order valence-electron chi connectivity index (χ4n) is 6.96. The molecule has 1 aliphatic carbocycles. The molecule has 0 radical (unpaired) electrons. The van der Waals surface area contributed by atoms with Crippen molar-refractivity contribution in [1.82, 2.24) is 15.5 Å². The Morgan fingerprint density at radius 1 is 1.08 bits per heavy atom. The smallest absolute Gasteiger partial charge is 0.372 e. The molecule has 4 rings (SSSR count). The quantitative estimate of drug-likeness (QED) is 0.106. The third-order valence-electron chi connectivity index (χ3n) is 10.4. The molecular formula is C38H51F2N4O8P. The maximum atomic E-state index is 14.2. The topological polar surface area (TPSA) is 188 Å². The van der Waals surface area contributed by atoms with Crippen LogP contribution in [0.3, 0.4) is 0 Å². The van der Waals surface area contributed by atoms with Crippen LogP contribution in [-0.2, 0) is 40.8 Å². The van der Waals surface area contributed by atoms with Gasteiger partial charge in [0, 0.05) is 24.6 Å². The summed E-state index contributed by atoms with van der Waals surface area (Å²) >= 11 is 0. The molecule has 2 aromatic carbocycles. The number of allylic oxidation sites excluding steroid dienone is 1. The molecule has 1 heterocycles. The van der Waals surface area contributed by atoms with Crippen LogP contribution in [0.15, 0.2) is 54.6 Å². The molecule has 15 heteroatoms. The van der Waals surface area contributed by atoms with E-state index >= 15 is 0 Å². The maximum Gasteiger partial charge on any atom is 0.399 e. The number of rotatable bonds is 18. The minimum atomic E-state index is -5.74. The number of alkyl halides is 2. The molecule has 53 heavy (non-hydrogen) atoms. The van der Waals surface area contributed by atoms with Gasteiger partial charge in [-0.05, 0) is 68.1 Å². The van der Waals surface area contributed by atoms with E-state index in [1.807, 2.05) is 52.0 Å². The van der Waals surface area contributed by atoms with E-state index in [0.717, 1.165) is 29.7 Å². The number of nitrogens with one attached hydrogen (secondary N) is 2. The molecule has 1 aliphatic heterocycles. The van der Waals surface area contributed by atoms with Gasteiger partial charge in [0.05, 0.1) is 18.8 Å². The first-order valence-electron chi connectivity index (χ1n) is 17.9. The molecule has 2 aromatic rings. The third kappa shape index (κ3) is 10.4. The van der Waals surface area contributed by atoms with E-state index in [9.17, 15) is 32.5 Å². The Morgan fingerprint density at radius 2 is 1.72 bits per heavy atom. The van der Waals surface area contributed by atoms with Crippen molar-refractivity contribution in [3.05, 3.63) is 76.9 Å². The van der Waals surface area contributed by atoms with E-state index < -0.39 is 60.8 Å². The molecule has 0 aromatic heterocycles. The number of halogens is 2. The fourth-order valence-corrected chi connectivity index (χ4v) is 7.45. The molecule has 1 saturated carbocycles. The number of hydrogen-bond acceptors (Lipinski definition) is 6. The second-order valence-corrected chi connectivity index (χ2v) is 16.0. The molecule has 2 aliphatic rings. The fraction of sp³-hybridized carbons (Fsp3) is 0.526. The van der Waals surface area contributed by atoms with Crippen LogP contribution in [0, 0.1) is 24.7 Å². The summed E-state index contributed by atoms with van der Waals surface area (Å²) in [6.07, 6.45) is 2.69. The number of primary amides is 1. The first-order chi connectivity index (χ1) is 24.8. The summed E-state index contributed by atoms with van der Waals surface area (Å²) in [6.45, 7) is 10.0. The Kier molecular flexibility index (Phi) is 13.8. The average molecular weight is 761 g/mol. The van der Waals surface area contributed by atoms with E-state index in [4.69, 9.17) is 20.3 Å². The van der Waals surface area contributed by atoms with Crippen molar-refractivity contribution < 1.29 is 47.0 Å². The molecule has 290 valence electrons. The first-order valence-corrected chi connectivity index (χ1v) is 19.6. The number of fused-ring (bicyclic) bond motifs is 1. The van der Waals surface area contributed by atoms with Crippen molar-refractivity contribution in [2.24, 2.45) is 23.5 Å². The van der Waals surface area contributed by atoms with Crippen LogP contribution in [0.25, 0.3) is 5.57 Å². The van der Waals surface area contributed by atoms with Gasteiger partial charge in [-0.25, -0.2) is 0 Å². The first kappa shape index (κ1) is 41.8. The molecule has 1 saturated heterocycles. The lowest BCUT2D eigenvalue weighted by atomic mass is 10.0. The van der Waals surface area contributed by atoms with Crippen molar-refractivity contribution in [3.63, 3.8) is 0 Å². The van der Waals surface area contributed by atoms with Gasteiger partial charge in [-0.3, -0.25) is 23.7 Å². The van der Waals surface area contributed by atoms with Crippen LogP contribution < -0.4 is 16.4 Å². The number of aryl methyl sites for hydroxylation is 1. The Morgan fingerprint density at radius 3 is 2.30 bits per heavy atom. The lowest BCUT2D eigenvalue weighted by Gasteiger charge is -2.33. The largest absolute Gasteiger partial charge is 0.399 e. The van der Waals surface area contributed by atoms with Gasteiger partial charge in [0.1, 0.15) is 12.1 Å².